The van der Waals surface area contributed by atoms with Crippen LogP contribution < -0.4 is 14.8 Å². The number of hydrogen-bond acceptors (Lipinski definition) is 8. The first-order valence-electron chi connectivity index (χ1n) is 8.97. The second-order valence-corrected chi connectivity index (χ2v) is 6.44. The van der Waals surface area contributed by atoms with Crippen LogP contribution in [-0.4, -0.2) is 41.9 Å². The topological polar surface area (TPSA) is 134 Å². The third-order valence-electron chi connectivity index (χ3n) is 4.27. The molecule has 0 fully saturated rings. The fraction of sp³-hybridized carbons (Fsp3) is 0.250. The third-order valence-corrected chi connectivity index (χ3v) is 4.27. The van der Waals surface area contributed by atoms with Gasteiger partial charge in [-0.05, 0) is 26.0 Å². The van der Waals surface area contributed by atoms with Crippen molar-refractivity contribution in [3.05, 3.63) is 57.6 Å². The van der Waals surface area contributed by atoms with Gasteiger partial charge in [-0.3, -0.25) is 19.7 Å². The number of nitrogens with one attached hydrogen (secondary N) is 1. The first kappa shape index (κ1) is 20.8. The summed E-state index contributed by atoms with van der Waals surface area (Å²) in [5.74, 6) is -1.56. The highest BCUT2D eigenvalue weighted by Crippen LogP contribution is 2.37. The number of benzene rings is 2. The number of nitrogens with zero attached hydrogens (tertiary/aromatic N) is 1. The Morgan fingerprint density at radius 1 is 1.13 bits per heavy atom. The molecule has 0 saturated carbocycles. The maximum atomic E-state index is 12.5. The van der Waals surface area contributed by atoms with E-state index in [2.05, 4.69) is 5.32 Å². The number of nitro groups is 1. The van der Waals surface area contributed by atoms with Crippen LogP contribution in [0.3, 0.4) is 0 Å². The van der Waals surface area contributed by atoms with Gasteiger partial charge < -0.3 is 19.5 Å². The predicted molar refractivity (Wildman–Crippen MR) is 104 cm³/mol. The van der Waals surface area contributed by atoms with E-state index in [9.17, 15) is 24.5 Å². The molecule has 10 nitrogen and oxygen atoms in total. The minimum atomic E-state index is -1.26. The van der Waals surface area contributed by atoms with Crippen molar-refractivity contribution in [1.82, 2.24) is 0 Å². The van der Waals surface area contributed by atoms with Crippen LogP contribution in [0.4, 0.5) is 11.4 Å². The van der Waals surface area contributed by atoms with Crippen LogP contribution in [0.1, 0.15) is 34.6 Å². The second-order valence-electron chi connectivity index (χ2n) is 6.44. The number of carbonyl (C=O) groups excluding carboxylic acids is 3. The number of Topliss-reactive ketones (excluding diaryl/α,β-unsaturated/α-hetero) is 1. The zero-order valence-corrected chi connectivity index (χ0v) is 16.2. The van der Waals surface area contributed by atoms with Crippen molar-refractivity contribution in [2.75, 3.05) is 18.5 Å². The van der Waals surface area contributed by atoms with Crippen molar-refractivity contribution in [2.24, 2.45) is 0 Å². The molecule has 0 radical (unpaired) electrons. The molecule has 1 aliphatic rings. The van der Waals surface area contributed by atoms with E-state index < -0.39 is 28.6 Å². The Bertz CT molecular complexity index is 1030. The van der Waals surface area contributed by atoms with Crippen LogP contribution >= 0.6 is 0 Å². The van der Waals surface area contributed by atoms with Crippen LogP contribution in [-0.2, 0) is 9.53 Å². The first-order valence-corrected chi connectivity index (χ1v) is 8.97. The Balaban J connectivity index is 1.75. The lowest BCUT2D eigenvalue weighted by molar-refractivity contribution is -0.385. The maximum absolute atomic E-state index is 12.5. The molecule has 3 rings (SSSR count). The van der Waals surface area contributed by atoms with Gasteiger partial charge in [0.1, 0.15) is 18.8 Å². The van der Waals surface area contributed by atoms with Crippen molar-refractivity contribution in [3.8, 4) is 11.5 Å². The number of nitro benzene ring substituents is 1. The average molecular weight is 414 g/mol. The fourth-order valence-corrected chi connectivity index (χ4v) is 2.73. The van der Waals surface area contributed by atoms with E-state index >= 15 is 0 Å². The molecule has 0 saturated heterocycles. The van der Waals surface area contributed by atoms with Gasteiger partial charge >= 0.3 is 5.97 Å². The number of esters is 1. The standard InChI is InChI=1S/C20H18N2O8/c1-11(23)13-4-3-5-14(8-13)21-19(24)12(2)30-20(25)15-9-17-18(29-7-6-28-17)10-16(15)22(26)27/h3-5,8-10,12H,6-7H2,1-2H3,(H,21,24)/t12-/m1/s1. The summed E-state index contributed by atoms with van der Waals surface area (Å²) >= 11 is 0. The first-order chi connectivity index (χ1) is 14.3. The van der Waals surface area contributed by atoms with E-state index in [0.29, 0.717) is 11.3 Å². The van der Waals surface area contributed by atoms with Crippen molar-refractivity contribution in [2.45, 2.75) is 20.0 Å². The SMILES string of the molecule is CC(=O)c1cccc(NC(=O)[C@@H](C)OC(=O)c2cc3c(cc2[N+](=O)[O-])OCCO3)c1. The molecule has 2 aromatic carbocycles. The van der Waals surface area contributed by atoms with E-state index in [1.165, 1.54) is 19.9 Å². The molecule has 1 amide bonds. The Hall–Kier alpha value is -3.95. The third kappa shape index (κ3) is 4.54. The molecule has 0 spiro atoms. The minimum absolute atomic E-state index is 0.153. The van der Waals surface area contributed by atoms with Gasteiger partial charge in [-0.1, -0.05) is 12.1 Å². The van der Waals surface area contributed by atoms with Crippen molar-refractivity contribution < 1.29 is 33.5 Å². The number of carbonyl (C=O) groups is 3. The molecular weight excluding hydrogens is 396 g/mol. The fourth-order valence-electron chi connectivity index (χ4n) is 2.73. The highest BCUT2D eigenvalue weighted by molar-refractivity contribution is 6.00. The lowest BCUT2D eigenvalue weighted by Gasteiger charge is -2.19. The molecule has 0 bridgehead atoms. The molecule has 30 heavy (non-hydrogen) atoms. The Morgan fingerprint density at radius 3 is 2.43 bits per heavy atom. The molecule has 1 aliphatic heterocycles. The summed E-state index contributed by atoms with van der Waals surface area (Å²) in [5.41, 5.74) is -0.126. The molecule has 0 aliphatic carbocycles. The van der Waals surface area contributed by atoms with E-state index in [-0.39, 0.29) is 36.1 Å². The normalized spacial score (nSPS) is 13.1. The zero-order valence-electron chi connectivity index (χ0n) is 16.2. The van der Waals surface area contributed by atoms with Gasteiger partial charge in [-0.15, -0.1) is 0 Å². The summed E-state index contributed by atoms with van der Waals surface area (Å²) in [5, 5.41) is 13.9. The predicted octanol–water partition coefficient (Wildman–Crippen LogP) is 2.75. The molecule has 1 atom stereocenters. The summed E-state index contributed by atoms with van der Waals surface area (Å²) in [4.78, 5) is 46.9. The van der Waals surface area contributed by atoms with Crippen molar-refractivity contribution >= 4 is 29.0 Å². The number of rotatable bonds is 6. The smallest absolute Gasteiger partial charge is 0.346 e. The number of ether oxygens (including phenoxy) is 3. The van der Waals surface area contributed by atoms with Gasteiger partial charge in [0.05, 0.1) is 11.0 Å². The Morgan fingerprint density at radius 2 is 1.80 bits per heavy atom. The van der Waals surface area contributed by atoms with Crippen LogP contribution in [0.2, 0.25) is 0 Å². The van der Waals surface area contributed by atoms with Crippen molar-refractivity contribution in [1.29, 1.82) is 0 Å². The van der Waals surface area contributed by atoms with Crippen LogP contribution in [0, 0.1) is 10.1 Å². The average Bonchev–Trinajstić information content (AvgIpc) is 2.72. The monoisotopic (exact) mass is 414 g/mol. The van der Waals surface area contributed by atoms with Gasteiger partial charge in [0.25, 0.3) is 11.6 Å². The van der Waals surface area contributed by atoms with E-state index in [1.807, 2.05) is 0 Å². The molecule has 1 heterocycles. The molecule has 1 N–H and O–H groups in total. The van der Waals surface area contributed by atoms with E-state index in [0.717, 1.165) is 12.1 Å². The number of anilines is 1. The Kier molecular flexibility index (Phi) is 5.95. The molecule has 2 aromatic rings. The highest BCUT2D eigenvalue weighted by Gasteiger charge is 2.29. The van der Waals surface area contributed by atoms with Gasteiger partial charge in [-0.2, -0.15) is 0 Å². The number of fused-ring (bicyclic) bond motifs is 1. The quantitative estimate of drug-likeness (QED) is 0.330. The summed E-state index contributed by atoms with van der Waals surface area (Å²) < 4.78 is 15.8. The minimum Gasteiger partial charge on any atom is -0.486 e. The van der Waals surface area contributed by atoms with Gasteiger partial charge in [-0.25, -0.2) is 4.79 Å². The largest absolute Gasteiger partial charge is 0.486 e. The lowest BCUT2D eigenvalue weighted by atomic mass is 10.1. The summed E-state index contributed by atoms with van der Waals surface area (Å²) in [6, 6.07) is 8.51. The van der Waals surface area contributed by atoms with E-state index in [4.69, 9.17) is 14.2 Å². The van der Waals surface area contributed by atoms with Gasteiger partial charge in [0.15, 0.2) is 23.4 Å². The summed E-state index contributed by atoms with van der Waals surface area (Å²) in [7, 11) is 0. The number of hydrogen-bond donors (Lipinski definition) is 1. The second kappa shape index (κ2) is 8.60. The Labute approximate surface area is 170 Å². The van der Waals surface area contributed by atoms with Crippen LogP contribution in [0.5, 0.6) is 11.5 Å². The molecule has 0 unspecified atom stereocenters. The van der Waals surface area contributed by atoms with Gasteiger partial charge in [0.2, 0.25) is 0 Å². The van der Waals surface area contributed by atoms with Crippen LogP contribution in [0.15, 0.2) is 36.4 Å². The molecule has 10 heteroatoms. The highest BCUT2D eigenvalue weighted by atomic mass is 16.6. The molecule has 156 valence electrons. The van der Waals surface area contributed by atoms with Crippen LogP contribution in [0.25, 0.3) is 0 Å². The summed E-state index contributed by atoms with van der Waals surface area (Å²) in [6.07, 6.45) is -1.26. The summed E-state index contributed by atoms with van der Waals surface area (Å²) in [6.45, 7) is 3.19. The van der Waals surface area contributed by atoms with E-state index in [1.54, 1.807) is 18.2 Å². The lowest BCUT2D eigenvalue weighted by Crippen LogP contribution is -2.30. The van der Waals surface area contributed by atoms with Gasteiger partial charge in [0, 0.05) is 17.3 Å². The zero-order chi connectivity index (χ0) is 21.8. The maximum Gasteiger partial charge on any atom is 0.346 e. The molecular formula is C20H18N2O8. The van der Waals surface area contributed by atoms with Crippen molar-refractivity contribution in [3.63, 3.8) is 0 Å². The number of ketones is 1. The number of amides is 1. The molecule has 0 aromatic heterocycles.